The Balaban J connectivity index is 2.28. The highest BCUT2D eigenvalue weighted by Gasteiger charge is 2.05. The molecule has 0 aliphatic rings. The molecule has 5 heteroatoms. The van der Waals surface area contributed by atoms with Gasteiger partial charge in [-0.25, -0.2) is 4.39 Å². The Labute approximate surface area is 121 Å². The molecule has 0 saturated heterocycles. The molecule has 2 aromatic carbocycles. The van der Waals surface area contributed by atoms with Crippen molar-refractivity contribution >= 4 is 40.2 Å². The summed E-state index contributed by atoms with van der Waals surface area (Å²) < 4.78 is 13.3. The van der Waals surface area contributed by atoms with E-state index in [-0.39, 0.29) is 10.8 Å². The fourth-order valence-electron chi connectivity index (χ4n) is 1.77. The molecule has 0 heterocycles. The molecule has 0 amide bonds. The van der Waals surface area contributed by atoms with Gasteiger partial charge in [-0.1, -0.05) is 23.8 Å². The minimum absolute atomic E-state index is 0.248. The van der Waals surface area contributed by atoms with E-state index in [0.29, 0.717) is 16.3 Å². The molecule has 0 aromatic heterocycles. The van der Waals surface area contributed by atoms with Crippen LogP contribution in [0.25, 0.3) is 0 Å². The third-order valence-corrected chi connectivity index (χ3v) is 3.10. The molecule has 2 rings (SSSR count). The Bertz CT molecular complexity index is 623. The first-order chi connectivity index (χ1) is 8.95. The molecular formula is C14H12ClFN2S. The van der Waals surface area contributed by atoms with Gasteiger partial charge in [0, 0.05) is 16.9 Å². The summed E-state index contributed by atoms with van der Waals surface area (Å²) in [5.41, 5.74) is 8.41. The fraction of sp³-hybridized carbons (Fsp3) is 0.0714. The summed E-state index contributed by atoms with van der Waals surface area (Å²) in [4.78, 5) is 0.248. The first kappa shape index (κ1) is 13.8. The van der Waals surface area contributed by atoms with Crippen LogP contribution >= 0.6 is 23.8 Å². The average molecular weight is 295 g/mol. The Morgan fingerprint density at radius 3 is 2.53 bits per heavy atom. The molecule has 0 unspecified atom stereocenters. The summed E-state index contributed by atoms with van der Waals surface area (Å²) in [5.74, 6) is -0.284. The van der Waals surface area contributed by atoms with Crippen molar-refractivity contribution in [3.8, 4) is 0 Å². The maximum absolute atomic E-state index is 13.3. The lowest BCUT2D eigenvalue weighted by Gasteiger charge is -2.10. The van der Waals surface area contributed by atoms with Gasteiger partial charge in [-0.3, -0.25) is 0 Å². The van der Waals surface area contributed by atoms with Crippen LogP contribution in [-0.4, -0.2) is 4.99 Å². The number of hydrogen-bond donors (Lipinski definition) is 2. The molecule has 0 radical (unpaired) electrons. The Morgan fingerprint density at radius 2 is 1.95 bits per heavy atom. The number of aryl methyl sites for hydroxylation is 1. The van der Waals surface area contributed by atoms with Crippen LogP contribution in [0.3, 0.4) is 0 Å². The molecule has 3 N–H and O–H groups in total. The van der Waals surface area contributed by atoms with Gasteiger partial charge in [0.1, 0.15) is 10.8 Å². The molecule has 0 aliphatic heterocycles. The first-order valence-corrected chi connectivity index (χ1v) is 6.38. The van der Waals surface area contributed by atoms with E-state index in [1.54, 1.807) is 18.2 Å². The van der Waals surface area contributed by atoms with E-state index < -0.39 is 0 Å². The highest BCUT2D eigenvalue weighted by atomic mass is 35.5. The Hall–Kier alpha value is -1.65. The molecule has 2 aromatic rings. The highest BCUT2D eigenvalue weighted by Crippen LogP contribution is 2.24. The van der Waals surface area contributed by atoms with E-state index >= 15 is 0 Å². The van der Waals surface area contributed by atoms with Gasteiger partial charge in [0.15, 0.2) is 0 Å². The second-order valence-electron chi connectivity index (χ2n) is 4.20. The minimum atomic E-state index is -0.284. The Kier molecular flexibility index (Phi) is 4.02. The predicted molar refractivity (Wildman–Crippen MR) is 81.8 cm³/mol. The van der Waals surface area contributed by atoms with E-state index in [0.717, 1.165) is 11.3 Å². The summed E-state index contributed by atoms with van der Waals surface area (Å²) in [6, 6.07) is 9.96. The highest BCUT2D eigenvalue weighted by molar-refractivity contribution is 7.80. The largest absolute Gasteiger partial charge is 0.389 e. The fourth-order valence-corrected chi connectivity index (χ4v) is 2.28. The van der Waals surface area contributed by atoms with E-state index in [1.165, 1.54) is 12.1 Å². The van der Waals surface area contributed by atoms with Crippen molar-refractivity contribution in [3.05, 3.63) is 58.4 Å². The SMILES string of the molecule is Cc1cc(F)cc(Nc2ccc(C(N)=S)c(Cl)c2)c1. The molecule has 0 spiro atoms. The molecule has 0 atom stereocenters. The minimum Gasteiger partial charge on any atom is -0.389 e. The quantitative estimate of drug-likeness (QED) is 0.835. The van der Waals surface area contributed by atoms with Gasteiger partial charge in [0.05, 0.1) is 5.02 Å². The van der Waals surface area contributed by atoms with Crippen molar-refractivity contribution in [2.45, 2.75) is 6.92 Å². The number of anilines is 2. The summed E-state index contributed by atoms with van der Waals surface area (Å²) >= 11 is 11.0. The lowest BCUT2D eigenvalue weighted by Crippen LogP contribution is -2.09. The van der Waals surface area contributed by atoms with Crippen molar-refractivity contribution in [2.24, 2.45) is 5.73 Å². The monoisotopic (exact) mass is 294 g/mol. The molecule has 0 aliphatic carbocycles. The van der Waals surface area contributed by atoms with Crippen LogP contribution in [0.1, 0.15) is 11.1 Å². The van der Waals surface area contributed by atoms with Crippen molar-refractivity contribution < 1.29 is 4.39 Å². The smallest absolute Gasteiger partial charge is 0.125 e. The molecular weight excluding hydrogens is 283 g/mol. The van der Waals surface area contributed by atoms with Crippen LogP contribution < -0.4 is 11.1 Å². The van der Waals surface area contributed by atoms with Gasteiger partial charge >= 0.3 is 0 Å². The lowest BCUT2D eigenvalue weighted by atomic mass is 10.2. The number of halogens is 2. The zero-order valence-electron chi connectivity index (χ0n) is 10.2. The number of thiocarbonyl (C=S) groups is 1. The van der Waals surface area contributed by atoms with Gasteiger partial charge in [0.2, 0.25) is 0 Å². The molecule has 98 valence electrons. The van der Waals surface area contributed by atoms with Crippen LogP contribution in [0.4, 0.5) is 15.8 Å². The normalized spacial score (nSPS) is 10.3. The van der Waals surface area contributed by atoms with E-state index in [9.17, 15) is 4.39 Å². The summed E-state index contributed by atoms with van der Waals surface area (Å²) in [7, 11) is 0. The van der Waals surface area contributed by atoms with Gasteiger partial charge in [-0.15, -0.1) is 0 Å². The number of benzene rings is 2. The summed E-state index contributed by atoms with van der Waals surface area (Å²) in [6.45, 7) is 1.83. The number of nitrogens with one attached hydrogen (secondary N) is 1. The second-order valence-corrected chi connectivity index (χ2v) is 5.05. The second kappa shape index (κ2) is 5.55. The van der Waals surface area contributed by atoms with Crippen molar-refractivity contribution in [2.75, 3.05) is 5.32 Å². The zero-order chi connectivity index (χ0) is 14.0. The maximum Gasteiger partial charge on any atom is 0.125 e. The Morgan fingerprint density at radius 1 is 1.21 bits per heavy atom. The molecule has 0 saturated carbocycles. The van der Waals surface area contributed by atoms with E-state index in [1.807, 2.05) is 13.0 Å². The van der Waals surface area contributed by atoms with Gasteiger partial charge in [0.25, 0.3) is 0 Å². The number of hydrogen-bond acceptors (Lipinski definition) is 2. The first-order valence-electron chi connectivity index (χ1n) is 5.59. The molecule has 19 heavy (non-hydrogen) atoms. The van der Waals surface area contributed by atoms with Gasteiger partial charge in [-0.05, 0) is 48.9 Å². The van der Waals surface area contributed by atoms with Gasteiger partial charge < -0.3 is 11.1 Å². The summed E-state index contributed by atoms with van der Waals surface area (Å²) in [6.07, 6.45) is 0. The third-order valence-electron chi connectivity index (χ3n) is 2.57. The van der Waals surface area contributed by atoms with E-state index in [4.69, 9.17) is 29.6 Å². The van der Waals surface area contributed by atoms with Crippen molar-refractivity contribution in [1.29, 1.82) is 0 Å². The zero-order valence-corrected chi connectivity index (χ0v) is 11.8. The topological polar surface area (TPSA) is 38.0 Å². The van der Waals surface area contributed by atoms with Crippen LogP contribution in [0.15, 0.2) is 36.4 Å². The molecule has 0 fully saturated rings. The average Bonchev–Trinajstić information content (AvgIpc) is 2.26. The predicted octanol–water partition coefficient (Wildman–Crippen LogP) is 4.17. The molecule has 2 nitrogen and oxygen atoms in total. The van der Waals surface area contributed by atoms with E-state index in [2.05, 4.69) is 5.32 Å². The van der Waals surface area contributed by atoms with Crippen molar-refractivity contribution in [3.63, 3.8) is 0 Å². The maximum atomic E-state index is 13.3. The van der Waals surface area contributed by atoms with Crippen LogP contribution in [0.5, 0.6) is 0 Å². The van der Waals surface area contributed by atoms with Crippen LogP contribution in [0.2, 0.25) is 5.02 Å². The molecule has 0 bridgehead atoms. The van der Waals surface area contributed by atoms with Crippen molar-refractivity contribution in [1.82, 2.24) is 0 Å². The van der Waals surface area contributed by atoms with Gasteiger partial charge in [-0.2, -0.15) is 0 Å². The standard InChI is InChI=1S/C14H12ClFN2S/c1-8-4-9(16)6-11(5-8)18-10-2-3-12(14(17)19)13(15)7-10/h2-7,18H,1H3,(H2,17,19). The van der Waals surface area contributed by atoms with Crippen LogP contribution in [-0.2, 0) is 0 Å². The number of nitrogens with two attached hydrogens (primary N) is 1. The third kappa shape index (κ3) is 3.43. The number of rotatable bonds is 3. The van der Waals surface area contributed by atoms with Crippen LogP contribution in [0, 0.1) is 12.7 Å². The summed E-state index contributed by atoms with van der Waals surface area (Å²) in [5, 5.41) is 3.55. The lowest BCUT2D eigenvalue weighted by molar-refractivity contribution is 0.627.